The average molecular weight is 413 g/mol. The molecule has 10 heteroatoms. The van der Waals surface area contributed by atoms with Gasteiger partial charge in [-0.15, -0.1) is 0 Å². The number of carbonyl (C=O) groups excluding carboxylic acids is 2. The minimum absolute atomic E-state index is 0.0349. The van der Waals surface area contributed by atoms with E-state index in [0.29, 0.717) is 38.3 Å². The molecule has 0 aromatic carbocycles. The molecule has 3 rings (SSSR count). The quantitative estimate of drug-likeness (QED) is 0.813. The molecule has 1 N–H and O–H groups in total. The Bertz CT molecular complexity index is 775. The zero-order valence-electron chi connectivity index (χ0n) is 17.4. The summed E-state index contributed by atoms with van der Waals surface area (Å²) >= 11 is 0. The van der Waals surface area contributed by atoms with Gasteiger partial charge in [0.15, 0.2) is 0 Å². The van der Waals surface area contributed by atoms with Crippen LogP contribution in [0.4, 0.5) is 13.6 Å². The standard InChI is InChI=1S/C19H29F2N5O3/c1-19(2,3)29-18(28)25-6-5-14-13(11-25)16-17(27)24(4)9-12(10-26(16)23-14)7-22-8-15(20)21/h12,15,22H,5-11H2,1-4H3. The molecule has 8 nitrogen and oxygen atoms in total. The number of alkyl halides is 2. The molecule has 0 saturated heterocycles. The molecule has 2 aliphatic rings. The molecule has 1 aromatic rings. The Kier molecular flexibility index (Phi) is 6.11. The molecule has 0 aliphatic carbocycles. The van der Waals surface area contributed by atoms with Crippen molar-refractivity contribution >= 4 is 12.0 Å². The molecule has 0 saturated carbocycles. The number of hydrogen-bond donors (Lipinski definition) is 1. The van der Waals surface area contributed by atoms with Crippen LogP contribution < -0.4 is 5.32 Å². The Morgan fingerprint density at radius 1 is 1.34 bits per heavy atom. The lowest BCUT2D eigenvalue weighted by Crippen LogP contribution is -2.40. The highest BCUT2D eigenvalue weighted by molar-refractivity contribution is 5.94. The van der Waals surface area contributed by atoms with Gasteiger partial charge in [0.1, 0.15) is 11.3 Å². The summed E-state index contributed by atoms with van der Waals surface area (Å²) in [7, 11) is 1.70. The van der Waals surface area contributed by atoms with Gasteiger partial charge < -0.3 is 19.9 Å². The molecule has 2 aliphatic heterocycles. The maximum atomic E-state index is 13.0. The van der Waals surface area contributed by atoms with E-state index in [1.165, 1.54) is 0 Å². The van der Waals surface area contributed by atoms with Crippen LogP contribution in [-0.4, -0.2) is 76.8 Å². The second-order valence-electron chi connectivity index (χ2n) is 8.71. The van der Waals surface area contributed by atoms with Crippen molar-refractivity contribution in [3.63, 3.8) is 0 Å². The number of fused-ring (bicyclic) bond motifs is 3. The van der Waals surface area contributed by atoms with Crippen molar-refractivity contribution in [2.24, 2.45) is 5.92 Å². The molecule has 1 unspecified atom stereocenters. The second-order valence-corrected chi connectivity index (χ2v) is 8.71. The van der Waals surface area contributed by atoms with Crippen LogP contribution in [0.3, 0.4) is 0 Å². The van der Waals surface area contributed by atoms with Gasteiger partial charge in [0, 0.05) is 51.1 Å². The van der Waals surface area contributed by atoms with Gasteiger partial charge in [-0.05, 0) is 20.8 Å². The Labute approximate surface area is 169 Å². The number of aromatic nitrogens is 2. The first-order valence-electron chi connectivity index (χ1n) is 9.86. The van der Waals surface area contributed by atoms with E-state index in [1.54, 1.807) is 21.5 Å². The number of ether oxygens (including phenoxy) is 1. The van der Waals surface area contributed by atoms with Crippen LogP contribution in [-0.2, 0) is 24.2 Å². The summed E-state index contributed by atoms with van der Waals surface area (Å²) in [6.45, 7) is 7.09. The Balaban J connectivity index is 1.79. The SMILES string of the molecule is CN1CC(CNCC(F)F)Cn2nc3c(c2C1=O)CN(C(=O)OC(C)(C)C)CC3. The number of carbonyl (C=O) groups is 2. The minimum Gasteiger partial charge on any atom is -0.444 e. The van der Waals surface area contributed by atoms with E-state index in [4.69, 9.17) is 4.74 Å². The molecule has 0 radical (unpaired) electrons. The van der Waals surface area contributed by atoms with E-state index < -0.39 is 18.1 Å². The van der Waals surface area contributed by atoms with Crippen LogP contribution in [0.5, 0.6) is 0 Å². The topological polar surface area (TPSA) is 79.7 Å². The average Bonchev–Trinajstić information content (AvgIpc) is 2.90. The fraction of sp³-hybridized carbons (Fsp3) is 0.737. The van der Waals surface area contributed by atoms with E-state index in [0.717, 1.165) is 11.3 Å². The lowest BCUT2D eigenvalue weighted by molar-refractivity contribution is 0.0222. The summed E-state index contributed by atoms with van der Waals surface area (Å²) < 4.78 is 32.0. The first kappa shape index (κ1) is 21.5. The van der Waals surface area contributed by atoms with Gasteiger partial charge in [0.2, 0.25) is 0 Å². The number of hydrogen-bond acceptors (Lipinski definition) is 5. The van der Waals surface area contributed by atoms with Crippen molar-refractivity contribution in [2.75, 3.05) is 33.2 Å². The lowest BCUT2D eigenvalue weighted by atomic mass is 10.1. The van der Waals surface area contributed by atoms with Crippen LogP contribution in [0, 0.1) is 5.92 Å². The number of amides is 2. The molecular formula is C19H29F2N5O3. The molecular weight excluding hydrogens is 384 g/mol. The van der Waals surface area contributed by atoms with Crippen molar-refractivity contribution in [1.29, 1.82) is 0 Å². The largest absolute Gasteiger partial charge is 0.444 e. The van der Waals surface area contributed by atoms with Gasteiger partial charge in [-0.1, -0.05) is 0 Å². The predicted octanol–water partition coefficient (Wildman–Crippen LogP) is 1.73. The molecule has 1 aromatic heterocycles. The van der Waals surface area contributed by atoms with Gasteiger partial charge in [-0.25, -0.2) is 13.6 Å². The zero-order chi connectivity index (χ0) is 21.3. The fourth-order valence-electron chi connectivity index (χ4n) is 3.76. The molecule has 2 amide bonds. The maximum absolute atomic E-state index is 13.0. The molecule has 0 bridgehead atoms. The van der Waals surface area contributed by atoms with Gasteiger partial charge in [-0.2, -0.15) is 5.10 Å². The van der Waals surface area contributed by atoms with Crippen LogP contribution >= 0.6 is 0 Å². The highest BCUT2D eigenvalue weighted by Crippen LogP contribution is 2.27. The van der Waals surface area contributed by atoms with Crippen molar-refractivity contribution in [1.82, 2.24) is 24.9 Å². The zero-order valence-corrected chi connectivity index (χ0v) is 17.4. The fourth-order valence-corrected chi connectivity index (χ4v) is 3.76. The molecule has 162 valence electrons. The van der Waals surface area contributed by atoms with Gasteiger partial charge in [0.25, 0.3) is 12.3 Å². The van der Waals surface area contributed by atoms with E-state index in [2.05, 4.69) is 10.4 Å². The summed E-state index contributed by atoms with van der Waals surface area (Å²) in [6, 6.07) is 0. The molecule has 0 fully saturated rings. The van der Waals surface area contributed by atoms with E-state index >= 15 is 0 Å². The number of rotatable bonds is 4. The van der Waals surface area contributed by atoms with Crippen molar-refractivity contribution in [3.05, 3.63) is 17.0 Å². The summed E-state index contributed by atoms with van der Waals surface area (Å²) in [5.74, 6) is -0.201. The third-order valence-electron chi connectivity index (χ3n) is 5.00. The summed E-state index contributed by atoms with van der Waals surface area (Å²) in [5.41, 5.74) is 1.44. The van der Waals surface area contributed by atoms with Crippen molar-refractivity contribution in [2.45, 2.75) is 52.3 Å². The first-order chi connectivity index (χ1) is 13.5. The second kappa shape index (κ2) is 8.25. The minimum atomic E-state index is -2.41. The Morgan fingerprint density at radius 3 is 2.72 bits per heavy atom. The lowest BCUT2D eigenvalue weighted by Gasteiger charge is -2.30. The van der Waals surface area contributed by atoms with Crippen LogP contribution in [0.25, 0.3) is 0 Å². The Hall–Kier alpha value is -2.23. The maximum Gasteiger partial charge on any atom is 0.410 e. The third-order valence-corrected chi connectivity index (χ3v) is 5.00. The highest BCUT2D eigenvalue weighted by atomic mass is 19.3. The molecule has 3 heterocycles. The number of nitrogens with one attached hydrogen (secondary N) is 1. The van der Waals surface area contributed by atoms with Gasteiger partial charge in [-0.3, -0.25) is 9.48 Å². The monoisotopic (exact) mass is 413 g/mol. The first-order valence-corrected chi connectivity index (χ1v) is 9.86. The van der Waals surface area contributed by atoms with Crippen molar-refractivity contribution < 1.29 is 23.1 Å². The summed E-state index contributed by atoms with van der Waals surface area (Å²) in [5, 5.41) is 7.37. The molecule has 1 atom stereocenters. The predicted molar refractivity (Wildman–Crippen MR) is 102 cm³/mol. The smallest absolute Gasteiger partial charge is 0.410 e. The van der Waals surface area contributed by atoms with Gasteiger partial charge >= 0.3 is 6.09 Å². The van der Waals surface area contributed by atoms with Crippen LogP contribution in [0.2, 0.25) is 0 Å². The Morgan fingerprint density at radius 2 is 2.07 bits per heavy atom. The molecule has 0 spiro atoms. The third kappa shape index (κ3) is 5.04. The van der Waals surface area contributed by atoms with Crippen molar-refractivity contribution in [3.8, 4) is 0 Å². The van der Waals surface area contributed by atoms with E-state index in [-0.39, 0.29) is 24.9 Å². The number of halogens is 2. The summed E-state index contributed by atoms with van der Waals surface area (Å²) in [4.78, 5) is 28.6. The highest BCUT2D eigenvalue weighted by Gasteiger charge is 2.35. The van der Waals surface area contributed by atoms with Gasteiger partial charge in [0.05, 0.1) is 18.8 Å². The number of nitrogens with zero attached hydrogens (tertiary/aromatic N) is 4. The van der Waals surface area contributed by atoms with E-state index in [1.807, 2.05) is 20.8 Å². The normalized spacial score (nSPS) is 19.8. The summed E-state index contributed by atoms with van der Waals surface area (Å²) in [6.07, 6.45) is -2.28. The molecule has 29 heavy (non-hydrogen) atoms. The van der Waals surface area contributed by atoms with E-state index in [9.17, 15) is 18.4 Å². The van der Waals surface area contributed by atoms with Crippen LogP contribution in [0.15, 0.2) is 0 Å². The van der Waals surface area contributed by atoms with Crippen LogP contribution in [0.1, 0.15) is 42.5 Å².